The monoisotopic (exact) mass is 352 g/mol. The molecule has 0 bridgehead atoms. The zero-order valence-electron chi connectivity index (χ0n) is 15.0. The smallest absolute Gasteiger partial charge is 0.341 e. The minimum Gasteiger partial charge on any atom is -0.482 e. The van der Waals surface area contributed by atoms with Crippen LogP contribution < -0.4 is 4.74 Å². The fourth-order valence-corrected chi connectivity index (χ4v) is 3.07. The summed E-state index contributed by atoms with van der Waals surface area (Å²) < 4.78 is 11.1. The number of hydrogen-bond acceptors (Lipinski definition) is 4. The Morgan fingerprint density at radius 3 is 2.50 bits per heavy atom. The van der Waals surface area contributed by atoms with Crippen molar-refractivity contribution in [1.29, 1.82) is 0 Å². The fourth-order valence-electron chi connectivity index (χ4n) is 3.07. The molecule has 0 amide bonds. The van der Waals surface area contributed by atoms with Crippen LogP contribution >= 0.6 is 0 Å². The first-order valence-electron chi connectivity index (χ1n) is 8.44. The highest BCUT2D eigenvalue weighted by molar-refractivity contribution is 6.17. The molecule has 0 atom stereocenters. The fraction of sp³-hybridized carbons (Fsp3) is 0.238. The van der Waals surface area contributed by atoms with Crippen LogP contribution in [0, 0.1) is 13.8 Å². The Kier molecular flexibility index (Phi) is 4.80. The number of fused-ring (bicyclic) bond motifs is 1. The maximum absolute atomic E-state index is 13.3. The molecule has 0 aliphatic rings. The first-order chi connectivity index (χ1) is 12.4. The van der Waals surface area contributed by atoms with E-state index in [9.17, 15) is 9.59 Å². The summed E-state index contributed by atoms with van der Waals surface area (Å²) in [6, 6.07) is 10.8. The van der Waals surface area contributed by atoms with Gasteiger partial charge in [-0.3, -0.25) is 4.79 Å². The second kappa shape index (κ2) is 7.04. The predicted molar refractivity (Wildman–Crippen MR) is 98.1 cm³/mol. The molecule has 1 heterocycles. The molecule has 1 N–H and O–H groups in total. The van der Waals surface area contributed by atoms with Gasteiger partial charge in [-0.05, 0) is 43.2 Å². The topological polar surface area (TPSA) is 76.7 Å². The Morgan fingerprint density at radius 2 is 1.81 bits per heavy atom. The average molecular weight is 352 g/mol. The molecule has 5 nitrogen and oxygen atoms in total. The second-order valence-corrected chi connectivity index (χ2v) is 6.12. The van der Waals surface area contributed by atoms with Gasteiger partial charge in [-0.1, -0.05) is 25.1 Å². The number of aliphatic carboxylic acids is 1. The number of carboxylic acids is 1. The number of carboxylic acid groups (broad SMARTS) is 1. The van der Waals surface area contributed by atoms with Crippen molar-refractivity contribution < 1.29 is 23.8 Å². The molecule has 0 saturated heterocycles. The number of ether oxygens (including phenoxy) is 1. The lowest BCUT2D eigenvalue weighted by Gasteiger charge is -2.13. The second-order valence-electron chi connectivity index (χ2n) is 6.12. The van der Waals surface area contributed by atoms with Gasteiger partial charge < -0.3 is 14.3 Å². The maximum Gasteiger partial charge on any atom is 0.341 e. The van der Waals surface area contributed by atoms with Gasteiger partial charge in [0.05, 0.1) is 5.56 Å². The molecule has 0 unspecified atom stereocenters. The maximum atomic E-state index is 13.3. The molecule has 0 spiro atoms. The average Bonchev–Trinajstić information content (AvgIpc) is 3.01. The van der Waals surface area contributed by atoms with Crippen LogP contribution in [0.1, 0.15) is 39.7 Å². The molecule has 3 rings (SSSR count). The van der Waals surface area contributed by atoms with Crippen molar-refractivity contribution in [1.82, 2.24) is 0 Å². The first-order valence-corrected chi connectivity index (χ1v) is 8.44. The van der Waals surface area contributed by atoms with E-state index in [2.05, 4.69) is 0 Å². The van der Waals surface area contributed by atoms with Crippen LogP contribution in [0.3, 0.4) is 0 Å². The third-order valence-electron chi connectivity index (χ3n) is 4.55. The van der Waals surface area contributed by atoms with E-state index in [0.29, 0.717) is 34.6 Å². The van der Waals surface area contributed by atoms with Crippen molar-refractivity contribution in [2.24, 2.45) is 0 Å². The van der Waals surface area contributed by atoms with Gasteiger partial charge in [-0.2, -0.15) is 0 Å². The number of hydrogen-bond donors (Lipinski definition) is 1. The van der Waals surface area contributed by atoms with Gasteiger partial charge in [0, 0.05) is 17.4 Å². The number of carbonyl (C=O) groups excluding carboxylic acids is 1. The van der Waals surface area contributed by atoms with E-state index in [1.807, 2.05) is 45.0 Å². The van der Waals surface area contributed by atoms with Gasteiger partial charge in [0.2, 0.25) is 0 Å². The van der Waals surface area contributed by atoms with Crippen molar-refractivity contribution in [2.45, 2.75) is 27.2 Å². The lowest BCUT2D eigenvalue weighted by atomic mass is 9.93. The summed E-state index contributed by atoms with van der Waals surface area (Å²) in [6.45, 7) is 5.19. The van der Waals surface area contributed by atoms with Crippen LogP contribution in [-0.2, 0) is 11.2 Å². The summed E-state index contributed by atoms with van der Waals surface area (Å²) in [5, 5.41) is 9.57. The summed E-state index contributed by atoms with van der Waals surface area (Å²) in [5.41, 5.74) is 3.37. The molecular formula is C21H20O5. The highest BCUT2D eigenvalue weighted by atomic mass is 16.5. The summed E-state index contributed by atoms with van der Waals surface area (Å²) in [4.78, 5) is 24.0. The van der Waals surface area contributed by atoms with E-state index < -0.39 is 12.6 Å². The van der Waals surface area contributed by atoms with Gasteiger partial charge in [0.15, 0.2) is 12.4 Å². The molecule has 5 heteroatoms. The number of furan rings is 1. The van der Waals surface area contributed by atoms with Gasteiger partial charge in [0.1, 0.15) is 17.1 Å². The van der Waals surface area contributed by atoms with Gasteiger partial charge in [-0.25, -0.2) is 4.79 Å². The molecule has 2 aromatic carbocycles. The largest absolute Gasteiger partial charge is 0.482 e. The molecule has 134 valence electrons. The number of rotatable bonds is 6. The van der Waals surface area contributed by atoms with E-state index in [-0.39, 0.29) is 5.78 Å². The Labute approximate surface area is 151 Å². The number of ketones is 1. The van der Waals surface area contributed by atoms with Crippen LogP contribution in [0.2, 0.25) is 0 Å². The zero-order chi connectivity index (χ0) is 18.8. The third-order valence-corrected chi connectivity index (χ3v) is 4.55. The Balaban J connectivity index is 2.06. The Morgan fingerprint density at radius 1 is 1.08 bits per heavy atom. The minimum absolute atomic E-state index is 0.0998. The molecule has 0 radical (unpaired) electrons. The zero-order valence-corrected chi connectivity index (χ0v) is 15.0. The Bertz CT molecular complexity index is 997. The summed E-state index contributed by atoms with van der Waals surface area (Å²) in [7, 11) is 0. The van der Waals surface area contributed by atoms with Crippen LogP contribution in [-0.4, -0.2) is 23.5 Å². The van der Waals surface area contributed by atoms with Crippen molar-refractivity contribution in [3.8, 4) is 5.75 Å². The van der Waals surface area contributed by atoms with Crippen LogP contribution in [0.5, 0.6) is 5.75 Å². The molecule has 26 heavy (non-hydrogen) atoms. The summed E-state index contributed by atoms with van der Waals surface area (Å²) in [5.74, 6) is -0.00878. The van der Waals surface area contributed by atoms with E-state index in [0.717, 1.165) is 16.5 Å². The van der Waals surface area contributed by atoms with Crippen molar-refractivity contribution in [3.05, 3.63) is 64.4 Å². The number of para-hydroxylation sites is 1. The van der Waals surface area contributed by atoms with E-state index in [1.165, 1.54) is 0 Å². The minimum atomic E-state index is -1.04. The summed E-state index contributed by atoms with van der Waals surface area (Å²) in [6.07, 6.45) is 0.619. The standard InChI is InChI=1S/C21H20O5/c1-4-16-20(15-7-5-6-8-18(15)26-16)21(24)14-9-10-17(13(3)12(14)2)25-11-19(22)23/h5-10H,4,11H2,1-3H3,(H,22,23). The first kappa shape index (κ1) is 17.7. The lowest BCUT2D eigenvalue weighted by Crippen LogP contribution is -2.12. The number of benzene rings is 2. The molecule has 1 aromatic heterocycles. The number of aryl methyl sites for hydroxylation is 1. The van der Waals surface area contributed by atoms with E-state index in [4.69, 9.17) is 14.3 Å². The number of carbonyl (C=O) groups is 2. The molecule has 0 fully saturated rings. The quantitative estimate of drug-likeness (QED) is 0.669. The van der Waals surface area contributed by atoms with E-state index >= 15 is 0 Å². The highest BCUT2D eigenvalue weighted by Crippen LogP contribution is 2.31. The van der Waals surface area contributed by atoms with Gasteiger partial charge >= 0.3 is 5.97 Å². The SMILES string of the molecule is CCc1oc2ccccc2c1C(=O)c1ccc(OCC(=O)O)c(C)c1C. The normalized spacial score (nSPS) is 10.9. The van der Waals surface area contributed by atoms with E-state index in [1.54, 1.807) is 12.1 Å². The van der Waals surface area contributed by atoms with Crippen molar-refractivity contribution in [2.75, 3.05) is 6.61 Å². The predicted octanol–water partition coefficient (Wildman–Crippen LogP) is 4.31. The van der Waals surface area contributed by atoms with Crippen LogP contribution in [0.4, 0.5) is 0 Å². The molecule has 0 saturated carbocycles. The third kappa shape index (κ3) is 3.08. The summed E-state index contributed by atoms with van der Waals surface area (Å²) >= 11 is 0. The van der Waals surface area contributed by atoms with Crippen molar-refractivity contribution >= 4 is 22.7 Å². The highest BCUT2D eigenvalue weighted by Gasteiger charge is 2.23. The molecule has 0 aliphatic heterocycles. The van der Waals surface area contributed by atoms with Crippen molar-refractivity contribution in [3.63, 3.8) is 0 Å². The molecule has 3 aromatic rings. The van der Waals surface area contributed by atoms with Crippen LogP contribution in [0.25, 0.3) is 11.0 Å². The Hall–Kier alpha value is -3.08. The van der Waals surface area contributed by atoms with Gasteiger partial charge in [0.25, 0.3) is 0 Å². The molecular weight excluding hydrogens is 332 g/mol. The van der Waals surface area contributed by atoms with Gasteiger partial charge in [-0.15, -0.1) is 0 Å². The lowest BCUT2D eigenvalue weighted by molar-refractivity contribution is -0.139. The molecule has 0 aliphatic carbocycles. The van der Waals surface area contributed by atoms with Crippen LogP contribution in [0.15, 0.2) is 40.8 Å².